The summed E-state index contributed by atoms with van der Waals surface area (Å²) < 4.78 is 5.29. The molecule has 3 nitrogen and oxygen atoms in total. The van der Waals surface area contributed by atoms with Gasteiger partial charge in [0.15, 0.2) is 0 Å². The van der Waals surface area contributed by atoms with E-state index in [4.69, 9.17) is 4.74 Å². The molecule has 1 fully saturated rings. The van der Waals surface area contributed by atoms with Crippen LogP contribution in [0.25, 0.3) is 0 Å². The molecule has 1 N–H and O–H groups in total. The van der Waals surface area contributed by atoms with Gasteiger partial charge in [-0.2, -0.15) is 0 Å². The van der Waals surface area contributed by atoms with Crippen molar-refractivity contribution in [1.82, 2.24) is 4.90 Å². The molecule has 0 saturated heterocycles. The van der Waals surface area contributed by atoms with Crippen molar-refractivity contribution < 1.29 is 9.84 Å². The molecule has 0 unspecified atom stereocenters. The first-order valence-corrected chi connectivity index (χ1v) is 7.08. The molecule has 106 valence electrons. The van der Waals surface area contributed by atoms with Crippen LogP contribution in [0.15, 0.2) is 24.3 Å². The molecule has 0 bridgehead atoms. The number of benzene rings is 1. The van der Waals surface area contributed by atoms with Gasteiger partial charge in [-0.15, -0.1) is 0 Å². The van der Waals surface area contributed by atoms with Crippen molar-refractivity contribution in [2.45, 2.75) is 31.3 Å². The van der Waals surface area contributed by atoms with Crippen molar-refractivity contribution in [3.63, 3.8) is 0 Å². The smallest absolute Gasteiger partial charge is 0.119 e. The fourth-order valence-electron chi connectivity index (χ4n) is 3.18. The van der Waals surface area contributed by atoms with E-state index in [2.05, 4.69) is 19.0 Å². The highest BCUT2D eigenvalue weighted by Crippen LogP contribution is 2.42. The maximum absolute atomic E-state index is 11.2. The van der Waals surface area contributed by atoms with Gasteiger partial charge in [-0.25, -0.2) is 0 Å². The van der Waals surface area contributed by atoms with E-state index in [1.54, 1.807) is 7.11 Å². The van der Waals surface area contributed by atoms with Crippen molar-refractivity contribution in [2.24, 2.45) is 5.92 Å². The number of hydrogen-bond donors (Lipinski definition) is 1. The first-order chi connectivity index (χ1) is 9.06. The van der Waals surface area contributed by atoms with Crippen LogP contribution in [-0.4, -0.2) is 37.8 Å². The maximum atomic E-state index is 11.2. The quantitative estimate of drug-likeness (QED) is 0.906. The number of rotatable bonds is 4. The lowest BCUT2D eigenvalue weighted by atomic mass is 9.71. The minimum Gasteiger partial charge on any atom is -0.497 e. The molecule has 2 rings (SSSR count). The third kappa shape index (κ3) is 3.10. The van der Waals surface area contributed by atoms with Gasteiger partial charge in [0.25, 0.3) is 0 Å². The largest absolute Gasteiger partial charge is 0.497 e. The summed E-state index contributed by atoms with van der Waals surface area (Å²) in [5, 5.41) is 11.2. The molecular weight excluding hydrogens is 238 g/mol. The third-order valence-electron chi connectivity index (χ3n) is 4.19. The minimum absolute atomic E-state index is 0.295. The molecule has 0 spiro atoms. The molecule has 0 heterocycles. The number of hydrogen-bond acceptors (Lipinski definition) is 3. The van der Waals surface area contributed by atoms with E-state index in [0.717, 1.165) is 37.1 Å². The first kappa shape index (κ1) is 14.4. The fraction of sp³-hybridized carbons (Fsp3) is 0.625. The van der Waals surface area contributed by atoms with E-state index in [1.807, 2.05) is 24.3 Å². The van der Waals surface area contributed by atoms with Crippen molar-refractivity contribution >= 4 is 0 Å². The summed E-state index contributed by atoms with van der Waals surface area (Å²) in [5.74, 6) is 1.11. The Morgan fingerprint density at radius 3 is 2.84 bits per heavy atom. The van der Waals surface area contributed by atoms with Crippen molar-refractivity contribution in [3.8, 4) is 5.75 Å². The van der Waals surface area contributed by atoms with E-state index in [9.17, 15) is 5.11 Å². The Bertz CT molecular complexity index is 419. The zero-order valence-corrected chi connectivity index (χ0v) is 12.2. The van der Waals surface area contributed by atoms with Gasteiger partial charge in [-0.1, -0.05) is 25.0 Å². The Balaban J connectivity index is 2.30. The highest BCUT2D eigenvalue weighted by atomic mass is 16.5. The highest BCUT2D eigenvalue weighted by Gasteiger charge is 2.40. The van der Waals surface area contributed by atoms with Crippen LogP contribution in [-0.2, 0) is 5.60 Å². The molecule has 1 aromatic rings. The maximum Gasteiger partial charge on any atom is 0.119 e. The predicted octanol–water partition coefficient (Wildman–Crippen LogP) is 2.63. The molecule has 1 aromatic carbocycles. The zero-order valence-electron chi connectivity index (χ0n) is 12.2. The summed E-state index contributed by atoms with van der Waals surface area (Å²) in [5.41, 5.74) is 0.287. The Hall–Kier alpha value is -1.06. The molecule has 1 saturated carbocycles. The van der Waals surface area contributed by atoms with Gasteiger partial charge in [-0.05, 0) is 44.6 Å². The van der Waals surface area contributed by atoms with Crippen LogP contribution in [0, 0.1) is 5.92 Å². The zero-order chi connectivity index (χ0) is 13.9. The SMILES string of the molecule is COc1cccc([C@]2(O)CCCC[C@@H]2CN(C)C)c1. The third-order valence-corrected chi connectivity index (χ3v) is 4.19. The van der Waals surface area contributed by atoms with E-state index >= 15 is 0 Å². The molecular formula is C16H25NO2. The van der Waals surface area contributed by atoms with Gasteiger partial charge < -0.3 is 14.7 Å². The standard InChI is InChI=1S/C16H25NO2/c1-17(2)12-14-7-4-5-10-16(14,18)13-8-6-9-15(11-13)19-3/h6,8-9,11,14,18H,4-5,7,10,12H2,1-3H3/t14-,16-/m1/s1. The monoisotopic (exact) mass is 263 g/mol. The molecule has 0 radical (unpaired) electrons. The minimum atomic E-state index is -0.711. The van der Waals surface area contributed by atoms with Crippen molar-refractivity contribution in [1.29, 1.82) is 0 Å². The van der Waals surface area contributed by atoms with Crippen LogP contribution in [0.4, 0.5) is 0 Å². The second-order valence-electron chi connectivity index (χ2n) is 5.86. The Morgan fingerprint density at radius 2 is 2.16 bits per heavy atom. The lowest BCUT2D eigenvalue weighted by Crippen LogP contribution is -2.43. The molecule has 1 aliphatic carbocycles. The van der Waals surface area contributed by atoms with Crippen molar-refractivity contribution in [2.75, 3.05) is 27.7 Å². The van der Waals surface area contributed by atoms with Crippen molar-refractivity contribution in [3.05, 3.63) is 29.8 Å². The lowest BCUT2D eigenvalue weighted by Gasteiger charge is -2.41. The summed E-state index contributed by atoms with van der Waals surface area (Å²) in [7, 11) is 5.81. The van der Waals surface area contributed by atoms with Gasteiger partial charge >= 0.3 is 0 Å². The van der Waals surface area contributed by atoms with E-state index in [0.29, 0.717) is 5.92 Å². The van der Waals surface area contributed by atoms with Gasteiger partial charge in [0.1, 0.15) is 5.75 Å². The second kappa shape index (κ2) is 5.93. The Morgan fingerprint density at radius 1 is 1.37 bits per heavy atom. The average Bonchev–Trinajstić information content (AvgIpc) is 2.41. The normalized spacial score (nSPS) is 27.5. The number of methoxy groups -OCH3 is 1. The van der Waals surface area contributed by atoms with Crippen LogP contribution in [0.2, 0.25) is 0 Å². The second-order valence-corrected chi connectivity index (χ2v) is 5.86. The molecule has 19 heavy (non-hydrogen) atoms. The summed E-state index contributed by atoms with van der Waals surface area (Å²) in [6.07, 6.45) is 4.24. The lowest BCUT2D eigenvalue weighted by molar-refractivity contribution is -0.0619. The molecule has 3 heteroatoms. The molecule has 1 aliphatic rings. The number of nitrogens with zero attached hydrogens (tertiary/aromatic N) is 1. The van der Waals surface area contributed by atoms with Crippen LogP contribution in [0.3, 0.4) is 0 Å². The molecule has 0 amide bonds. The van der Waals surface area contributed by atoms with Crippen LogP contribution < -0.4 is 4.74 Å². The Labute approximate surface area is 116 Å². The topological polar surface area (TPSA) is 32.7 Å². The first-order valence-electron chi connectivity index (χ1n) is 7.08. The van der Waals surface area contributed by atoms with Gasteiger partial charge in [0.05, 0.1) is 12.7 Å². The highest BCUT2D eigenvalue weighted by molar-refractivity contribution is 5.33. The summed E-state index contributed by atoms with van der Waals surface area (Å²) >= 11 is 0. The average molecular weight is 263 g/mol. The van der Waals surface area contributed by atoms with Gasteiger partial charge in [0, 0.05) is 12.5 Å². The van der Waals surface area contributed by atoms with Crippen LogP contribution in [0.1, 0.15) is 31.2 Å². The van der Waals surface area contributed by atoms with E-state index in [1.165, 1.54) is 6.42 Å². The fourth-order valence-corrected chi connectivity index (χ4v) is 3.18. The summed E-state index contributed by atoms with van der Waals surface area (Å²) in [6, 6.07) is 7.90. The molecule has 0 aromatic heterocycles. The molecule has 0 aliphatic heterocycles. The van der Waals surface area contributed by atoms with E-state index < -0.39 is 5.60 Å². The summed E-state index contributed by atoms with van der Waals surface area (Å²) in [6.45, 7) is 0.924. The molecule has 2 atom stereocenters. The number of aliphatic hydroxyl groups is 1. The number of ether oxygens (including phenoxy) is 1. The van der Waals surface area contributed by atoms with Gasteiger partial charge in [-0.3, -0.25) is 0 Å². The van der Waals surface area contributed by atoms with E-state index in [-0.39, 0.29) is 0 Å². The van der Waals surface area contributed by atoms with Crippen LogP contribution in [0.5, 0.6) is 5.75 Å². The summed E-state index contributed by atoms with van der Waals surface area (Å²) in [4.78, 5) is 2.17. The van der Waals surface area contributed by atoms with Gasteiger partial charge in [0.2, 0.25) is 0 Å². The Kier molecular flexibility index (Phi) is 4.48. The van der Waals surface area contributed by atoms with Crippen LogP contribution >= 0.6 is 0 Å². The predicted molar refractivity (Wildman–Crippen MR) is 77.4 cm³/mol.